The van der Waals surface area contributed by atoms with Crippen LogP contribution in [0.25, 0.3) is 0 Å². The van der Waals surface area contributed by atoms with Crippen molar-refractivity contribution >= 4 is 46.8 Å². The summed E-state index contributed by atoms with van der Waals surface area (Å²) in [6.07, 6.45) is 3.34. The van der Waals surface area contributed by atoms with Crippen molar-refractivity contribution in [1.29, 1.82) is 0 Å². The number of anilines is 1. The summed E-state index contributed by atoms with van der Waals surface area (Å²) in [7, 11) is 0. The Bertz CT molecular complexity index is 1000. The maximum atomic E-state index is 14.3. The molecule has 34 heavy (non-hydrogen) atoms. The summed E-state index contributed by atoms with van der Waals surface area (Å²) in [4.78, 5) is 43.5. The van der Waals surface area contributed by atoms with E-state index in [1.165, 1.54) is 21.6 Å². The molecule has 0 aliphatic carbocycles. The molecule has 4 rings (SSSR count). The highest BCUT2D eigenvalue weighted by Crippen LogP contribution is 2.66. The smallest absolute Gasteiger partial charge is 0.308 e. The molecule has 3 fully saturated rings. The van der Waals surface area contributed by atoms with Gasteiger partial charge in [-0.3, -0.25) is 14.4 Å². The van der Waals surface area contributed by atoms with Gasteiger partial charge in [-0.2, -0.15) is 0 Å². The molecule has 3 aliphatic heterocycles. The van der Waals surface area contributed by atoms with Gasteiger partial charge in [-0.1, -0.05) is 43.7 Å². The molecule has 0 aromatic heterocycles. The first-order chi connectivity index (χ1) is 16.2. The first-order valence-electron chi connectivity index (χ1n) is 11.7. The number of likely N-dealkylation sites (tertiary alicyclic amines) is 1. The number of aliphatic carboxylic acids is 1. The number of thioether (sulfide) groups is 1. The predicted molar refractivity (Wildman–Crippen MR) is 133 cm³/mol. The minimum atomic E-state index is -0.996. The Kier molecular flexibility index (Phi) is 7.04. The molecule has 3 heterocycles. The number of para-hydroxylation sites is 1. The molecule has 2 bridgehead atoms. The summed E-state index contributed by atoms with van der Waals surface area (Å²) in [5.41, 5.74) is 0.512. The second-order valence-corrected chi connectivity index (χ2v) is 11.8. The zero-order valence-corrected chi connectivity index (χ0v) is 21.0. The van der Waals surface area contributed by atoms with Crippen LogP contribution >= 0.6 is 23.4 Å². The van der Waals surface area contributed by atoms with E-state index in [0.717, 1.165) is 0 Å². The standard InChI is InChI=1S/C25H31ClN2O5S/c1-4-11-27(17-8-6-5-7-16(17)26)23(31)21-25-10-9-18(34-25)19(24(32)33)20(25)22(30)28(21)15(13-29)12-14(2)3/h4-8,14-15,18-21,29H,1,9-13H2,2-3H3,(H,32,33)/t15-,18+,19-,20+,21?,25?/m1/s1. The monoisotopic (exact) mass is 506 g/mol. The Morgan fingerprint density at radius 2 is 2.09 bits per heavy atom. The van der Waals surface area contributed by atoms with E-state index in [0.29, 0.717) is 30.0 Å². The quantitative estimate of drug-likeness (QED) is 0.498. The zero-order valence-electron chi connectivity index (χ0n) is 19.4. The van der Waals surface area contributed by atoms with E-state index < -0.39 is 34.6 Å². The van der Waals surface area contributed by atoms with Crippen molar-refractivity contribution < 1.29 is 24.6 Å². The van der Waals surface area contributed by atoms with Gasteiger partial charge in [0.2, 0.25) is 5.91 Å². The third-order valence-electron chi connectivity index (χ3n) is 7.33. The van der Waals surface area contributed by atoms with E-state index in [-0.39, 0.29) is 36.1 Å². The summed E-state index contributed by atoms with van der Waals surface area (Å²) in [5, 5.41) is 20.5. The predicted octanol–water partition coefficient (Wildman–Crippen LogP) is 3.44. The second kappa shape index (κ2) is 9.55. The number of aliphatic hydroxyl groups excluding tert-OH is 1. The Balaban J connectivity index is 1.84. The molecule has 1 aromatic carbocycles. The lowest BCUT2D eigenvalue weighted by Gasteiger charge is -2.40. The molecule has 2 N–H and O–H groups in total. The molecule has 3 aliphatic rings. The van der Waals surface area contributed by atoms with Crippen molar-refractivity contribution in [1.82, 2.24) is 4.90 Å². The minimum Gasteiger partial charge on any atom is -0.481 e. The molecule has 0 saturated carbocycles. The Morgan fingerprint density at radius 3 is 2.68 bits per heavy atom. The molecule has 0 radical (unpaired) electrons. The number of halogens is 1. The van der Waals surface area contributed by atoms with Crippen molar-refractivity contribution in [2.45, 2.75) is 55.2 Å². The SMILES string of the molecule is C=CCN(C(=O)C1N([C@@H](CO)CC(C)C)C(=O)[C@@H]2[C@H](C(=O)O)[C@@H]3CCC12S3)c1ccccc1Cl. The van der Waals surface area contributed by atoms with Gasteiger partial charge in [0.25, 0.3) is 5.91 Å². The van der Waals surface area contributed by atoms with Crippen molar-refractivity contribution in [2.75, 3.05) is 18.1 Å². The molecular weight excluding hydrogens is 476 g/mol. The van der Waals surface area contributed by atoms with Crippen LogP contribution in [0, 0.1) is 17.8 Å². The molecular formula is C25H31ClN2O5S. The van der Waals surface area contributed by atoms with Crippen molar-refractivity contribution in [3.8, 4) is 0 Å². The number of nitrogens with zero attached hydrogens (tertiary/aromatic N) is 2. The Morgan fingerprint density at radius 1 is 1.38 bits per heavy atom. The van der Waals surface area contributed by atoms with Gasteiger partial charge in [-0.25, -0.2) is 0 Å². The molecule has 1 spiro atoms. The van der Waals surface area contributed by atoms with Crippen LogP contribution in [-0.4, -0.2) is 68.1 Å². The number of hydrogen-bond acceptors (Lipinski definition) is 5. The van der Waals surface area contributed by atoms with E-state index in [2.05, 4.69) is 6.58 Å². The lowest BCUT2D eigenvalue weighted by atomic mass is 9.71. The van der Waals surface area contributed by atoms with E-state index in [4.69, 9.17) is 11.6 Å². The van der Waals surface area contributed by atoms with E-state index >= 15 is 0 Å². The average Bonchev–Trinajstić information content (AvgIpc) is 3.43. The summed E-state index contributed by atoms with van der Waals surface area (Å²) in [6.45, 7) is 7.67. The molecule has 1 aromatic rings. The highest BCUT2D eigenvalue weighted by atomic mass is 35.5. The second-order valence-electron chi connectivity index (χ2n) is 9.79. The summed E-state index contributed by atoms with van der Waals surface area (Å²) >= 11 is 7.93. The van der Waals surface area contributed by atoms with Crippen LogP contribution in [0.5, 0.6) is 0 Å². The fraction of sp³-hybridized carbons (Fsp3) is 0.560. The first kappa shape index (κ1) is 25.1. The van der Waals surface area contributed by atoms with Crippen LogP contribution in [0.4, 0.5) is 5.69 Å². The normalized spacial score (nSPS) is 30.5. The van der Waals surface area contributed by atoms with Crippen molar-refractivity contribution in [3.05, 3.63) is 41.9 Å². The highest BCUT2D eigenvalue weighted by Gasteiger charge is 2.74. The van der Waals surface area contributed by atoms with Gasteiger partial charge >= 0.3 is 5.97 Å². The van der Waals surface area contributed by atoms with Gasteiger partial charge in [-0.05, 0) is 37.3 Å². The fourth-order valence-corrected chi connectivity index (χ4v) is 8.55. The largest absolute Gasteiger partial charge is 0.481 e. The van der Waals surface area contributed by atoms with Gasteiger partial charge in [0, 0.05) is 11.8 Å². The maximum Gasteiger partial charge on any atom is 0.308 e. The van der Waals surface area contributed by atoms with Crippen LogP contribution in [0.3, 0.4) is 0 Å². The van der Waals surface area contributed by atoms with Gasteiger partial charge in [0.1, 0.15) is 6.04 Å². The number of carbonyl (C=O) groups is 3. The number of carbonyl (C=O) groups excluding carboxylic acids is 2. The van der Waals surface area contributed by atoms with E-state index in [1.807, 2.05) is 13.8 Å². The number of amides is 2. The minimum absolute atomic E-state index is 0.172. The van der Waals surface area contributed by atoms with E-state index in [9.17, 15) is 24.6 Å². The lowest BCUT2D eigenvalue weighted by molar-refractivity contribution is -0.149. The molecule has 6 atom stereocenters. The van der Waals surface area contributed by atoms with Gasteiger partial charge < -0.3 is 20.0 Å². The number of aliphatic hydroxyl groups is 1. The average molecular weight is 507 g/mol. The van der Waals surface area contributed by atoms with Crippen LogP contribution in [0.15, 0.2) is 36.9 Å². The Labute approximate surface area is 209 Å². The molecule has 184 valence electrons. The van der Waals surface area contributed by atoms with Crippen molar-refractivity contribution in [2.24, 2.45) is 17.8 Å². The third kappa shape index (κ3) is 3.84. The first-order valence-corrected chi connectivity index (χ1v) is 12.9. The Hall–Kier alpha value is -2.03. The number of hydrogen-bond donors (Lipinski definition) is 2. The van der Waals surface area contributed by atoms with E-state index in [1.54, 1.807) is 30.3 Å². The van der Waals surface area contributed by atoms with Crippen LogP contribution in [0.1, 0.15) is 33.1 Å². The molecule has 2 amide bonds. The van der Waals surface area contributed by atoms with Crippen LogP contribution in [0.2, 0.25) is 5.02 Å². The summed E-state index contributed by atoms with van der Waals surface area (Å²) in [6, 6.07) is 5.54. The molecule has 2 unspecified atom stereocenters. The molecule has 7 nitrogen and oxygen atoms in total. The lowest BCUT2D eigenvalue weighted by Crippen LogP contribution is -2.58. The summed E-state index contributed by atoms with van der Waals surface area (Å²) in [5.74, 6) is -3.10. The third-order valence-corrected chi connectivity index (χ3v) is 9.60. The van der Waals surface area contributed by atoms with Gasteiger partial charge in [0.05, 0.1) is 39.9 Å². The molecule has 3 saturated heterocycles. The van der Waals surface area contributed by atoms with Gasteiger partial charge in [0.15, 0.2) is 0 Å². The maximum absolute atomic E-state index is 14.3. The van der Waals surface area contributed by atoms with Gasteiger partial charge in [-0.15, -0.1) is 18.3 Å². The number of benzene rings is 1. The number of carboxylic acid groups (broad SMARTS) is 1. The number of carboxylic acids is 1. The fourth-order valence-electron chi connectivity index (χ4n) is 6.12. The van der Waals surface area contributed by atoms with Crippen molar-refractivity contribution in [3.63, 3.8) is 0 Å². The molecule has 9 heteroatoms. The topological polar surface area (TPSA) is 98.2 Å². The summed E-state index contributed by atoms with van der Waals surface area (Å²) < 4.78 is -0.840. The number of rotatable bonds is 9. The zero-order chi connectivity index (χ0) is 24.8. The van der Waals surface area contributed by atoms with Crippen LogP contribution < -0.4 is 4.90 Å². The van der Waals surface area contributed by atoms with Crippen LogP contribution in [-0.2, 0) is 14.4 Å². The number of fused-ring (bicyclic) bond motifs is 1. The highest BCUT2D eigenvalue weighted by molar-refractivity contribution is 8.02.